The predicted molar refractivity (Wildman–Crippen MR) is 113 cm³/mol. The number of amides is 2. The second-order valence-corrected chi connectivity index (χ2v) is 7.71. The van der Waals surface area contributed by atoms with Crippen molar-refractivity contribution in [2.24, 2.45) is 0 Å². The molecule has 2 amide bonds. The molecule has 0 saturated heterocycles. The molecule has 3 rings (SSSR count). The minimum absolute atomic E-state index is 0.110. The molecule has 0 aliphatic rings. The van der Waals surface area contributed by atoms with Crippen molar-refractivity contribution in [2.45, 2.75) is 12.5 Å². The third-order valence-corrected chi connectivity index (χ3v) is 5.78. The van der Waals surface area contributed by atoms with Gasteiger partial charge < -0.3 is 25.2 Å². The average Bonchev–Trinajstić information content (AvgIpc) is 3.17. The molecule has 7 nitrogen and oxygen atoms in total. The van der Waals surface area contributed by atoms with Gasteiger partial charge in [-0.25, -0.2) is 0 Å². The van der Waals surface area contributed by atoms with Gasteiger partial charge in [0.25, 0.3) is 0 Å². The number of benzene rings is 2. The highest BCUT2D eigenvalue weighted by molar-refractivity contribution is 7.19. The van der Waals surface area contributed by atoms with Gasteiger partial charge in [0.2, 0.25) is 0 Å². The Labute approximate surface area is 172 Å². The minimum Gasteiger partial charge on any atom is -0.497 e. The first-order valence-electron chi connectivity index (χ1n) is 8.86. The first-order valence-corrected chi connectivity index (χ1v) is 9.68. The molecule has 0 bridgehead atoms. The Morgan fingerprint density at radius 2 is 1.83 bits per heavy atom. The highest BCUT2D eigenvalue weighted by atomic mass is 32.1. The van der Waals surface area contributed by atoms with Crippen LogP contribution < -0.4 is 20.1 Å². The summed E-state index contributed by atoms with van der Waals surface area (Å²) >= 11 is 1.44. The van der Waals surface area contributed by atoms with Gasteiger partial charge in [0.15, 0.2) is 0 Å². The van der Waals surface area contributed by atoms with Crippen LogP contribution in [0.2, 0.25) is 0 Å². The number of methoxy groups -OCH3 is 2. The molecule has 0 fully saturated rings. The highest BCUT2D eigenvalue weighted by Gasteiger charge is 2.27. The van der Waals surface area contributed by atoms with E-state index >= 15 is 0 Å². The van der Waals surface area contributed by atoms with Crippen LogP contribution in [0.25, 0.3) is 10.1 Å². The zero-order valence-corrected chi connectivity index (χ0v) is 17.1. The number of carbonyl (C=O) groups is 2. The third-order valence-electron chi connectivity index (χ3n) is 4.41. The maximum atomic E-state index is 12.3. The maximum Gasteiger partial charge on any atom is 0.313 e. The molecule has 1 unspecified atom stereocenters. The van der Waals surface area contributed by atoms with Gasteiger partial charge in [-0.3, -0.25) is 9.59 Å². The van der Waals surface area contributed by atoms with Gasteiger partial charge in [-0.2, -0.15) is 0 Å². The van der Waals surface area contributed by atoms with E-state index in [1.54, 1.807) is 25.1 Å². The summed E-state index contributed by atoms with van der Waals surface area (Å²) in [5, 5.41) is 16.8. The first-order chi connectivity index (χ1) is 13.8. The fraction of sp³-hybridized carbons (Fsp3) is 0.238. The number of rotatable bonds is 6. The second kappa shape index (κ2) is 8.50. The lowest BCUT2D eigenvalue weighted by molar-refractivity contribution is -0.136. The summed E-state index contributed by atoms with van der Waals surface area (Å²) in [5.41, 5.74) is -1.00. The molecule has 0 saturated carbocycles. The van der Waals surface area contributed by atoms with E-state index in [0.717, 1.165) is 10.1 Å². The normalized spacial score (nSPS) is 12.8. The van der Waals surface area contributed by atoms with E-state index in [0.29, 0.717) is 22.1 Å². The SMILES string of the molecule is COc1ccc(OC)c(NC(=O)C(=O)NCC(C)(O)c2cc3ccccc3s2)c1. The molecule has 152 valence electrons. The van der Waals surface area contributed by atoms with Crippen molar-refractivity contribution < 1.29 is 24.2 Å². The predicted octanol–water partition coefficient (Wildman–Crippen LogP) is 2.88. The van der Waals surface area contributed by atoms with Crippen molar-refractivity contribution in [3.05, 3.63) is 53.4 Å². The summed E-state index contributed by atoms with van der Waals surface area (Å²) in [7, 11) is 2.95. The summed E-state index contributed by atoms with van der Waals surface area (Å²) in [6.45, 7) is 1.49. The van der Waals surface area contributed by atoms with E-state index in [9.17, 15) is 14.7 Å². The Balaban J connectivity index is 1.66. The van der Waals surface area contributed by atoms with E-state index < -0.39 is 17.4 Å². The molecule has 0 spiro atoms. The quantitative estimate of drug-likeness (QED) is 0.539. The number of aliphatic hydroxyl groups is 1. The van der Waals surface area contributed by atoms with Crippen molar-refractivity contribution in [2.75, 3.05) is 26.1 Å². The molecule has 3 aromatic rings. The molecule has 29 heavy (non-hydrogen) atoms. The molecule has 1 heterocycles. The van der Waals surface area contributed by atoms with Crippen LogP contribution in [0.15, 0.2) is 48.5 Å². The topological polar surface area (TPSA) is 96.9 Å². The Hall–Kier alpha value is -3.10. The van der Waals surface area contributed by atoms with E-state index in [1.165, 1.54) is 25.6 Å². The van der Waals surface area contributed by atoms with E-state index in [1.807, 2.05) is 30.3 Å². The van der Waals surface area contributed by atoms with Crippen molar-refractivity contribution in [1.29, 1.82) is 0 Å². The molecule has 3 N–H and O–H groups in total. The number of ether oxygens (including phenoxy) is 2. The lowest BCUT2D eigenvalue weighted by atomic mass is 10.0. The van der Waals surface area contributed by atoms with Gasteiger partial charge in [-0.05, 0) is 36.6 Å². The second-order valence-electron chi connectivity index (χ2n) is 6.63. The van der Waals surface area contributed by atoms with Gasteiger partial charge in [0, 0.05) is 15.6 Å². The molecule has 1 atom stereocenters. The van der Waals surface area contributed by atoms with Crippen LogP contribution in [0, 0.1) is 0 Å². The van der Waals surface area contributed by atoms with Gasteiger partial charge in [0.1, 0.15) is 17.1 Å². The molecule has 0 aliphatic carbocycles. The van der Waals surface area contributed by atoms with Crippen LogP contribution in [0.4, 0.5) is 5.69 Å². The van der Waals surface area contributed by atoms with Gasteiger partial charge in [-0.1, -0.05) is 18.2 Å². The maximum absolute atomic E-state index is 12.3. The summed E-state index contributed by atoms with van der Waals surface area (Å²) in [5.74, 6) is -0.835. The van der Waals surface area contributed by atoms with Crippen molar-refractivity contribution >= 4 is 38.9 Å². The molecule has 0 radical (unpaired) electrons. The lowest BCUT2D eigenvalue weighted by Gasteiger charge is -2.22. The molecule has 8 heteroatoms. The van der Waals surface area contributed by atoms with E-state index in [-0.39, 0.29) is 6.54 Å². The molecule has 2 aromatic carbocycles. The van der Waals surface area contributed by atoms with Crippen LogP contribution in [-0.4, -0.2) is 37.7 Å². The zero-order chi connectivity index (χ0) is 21.0. The van der Waals surface area contributed by atoms with Gasteiger partial charge in [0.05, 0.1) is 26.5 Å². The number of carbonyl (C=O) groups excluding carboxylic acids is 2. The van der Waals surface area contributed by atoms with Crippen molar-refractivity contribution in [1.82, 2.24) is 5.32 Å². The summed E-state index contributed by atoms with van der Waals surface area (Å²) in [6.07, 6.45) is 0. The standard InChI is InChI=1S/C21H22N2O5S/c1-21(26,18-10-13-6-4-5-7-17(13)29-18)12-22-19(24)20(25)23-15-11-14(27-2)8-9-16(15)28-3/h4-11,26H,12H2,1-3H3,(H,22,24)(H,23,25). The van der Waals surface area contributed by atoms with Crippen LogP contribution in [-0.2, 0) is 15.2 Å². The number of fused-ring (bicyclic) bond motifs is 1. The lowest BCUT2D eigenvalue weighted by Crippen LogP contribution is -2.43. The summed E-state index contributed by atoms with van der Waals surface area (Å²) < 4.78 is 11.3. The van der Waals surface area contributed by atoms with Crippen LogP contribution >= 0.6 is 11.3 Å². The molecular formula is C21H22N2O5S. The number of nitrogens with one attached hydrogen (secondary N) is 2. The van der Waals surface area contributed by atoms with Crippen LogP contribution in [0.5, 0.6) is 11.5 Å². The third kappa shape index (κ3) is 4.67. The Morgan fingerprint density at radius 1 is 1.07 bits per heavy atom. The van der Waals surface area contributed by atoms with E-state index in [2.05, 4.69) is 10.6 Å². The first kappa shape index (κ1) is 20.6. The smallest absolute Gasteiger partial charge is 0.313 e. The monoisotopic (exact) mass is 414 g/mol. The van der Waals surface area contributed by atoms with E-state index in [4.69, 9.17) is 9.47 Å². The summed E-state index contributed by atoms with van der Waals surface area (Å²) in [6, 6.07) is 14.5. The fourth-order valence-corrected chi connectivity index (χ4v) is 3.86. The Morgan fingerprint density at radius 3 is 2.52 bits per heavy atom. The average molecular weight is 414 g/mol. The van der Waals surface area contributed by atoms with Gasteiger partial charge >= 0.3 is 11.8 Å². The number of hydrogen-bond donors (Lipinski definition) is 3. The summed E-state index contributed by atoms with van der Waals surface area (Å²) in [4.78, 5) is 25.2. The molecule has 1 aromatic heterocycles. The Bertz CT molecular complexity index is 1010. The fourth-order valence-electron chi connectivity index (χ4n) is 2.76. The largest absolute Gasteiger partial charge is 0.497 e. The zero-order valence-electron chi connectivity index (χ0n) is 16.3. The number of anilines is 1. The molecule has 0 aliphatic heterocycles. The van der Waals surface area contributed by atoms with Crippen LogP contribution in [0.1, 0.15) is 11.8 Å². The minimum atomic E-state index is -1.31. The van der Waals surface area contributed by atoms with Crippen LogP contribution in [0.3, 0.4) is 0 Å². The van der Waals surface area contributed by atoms with Crippen molar-refractivity contribution in [3.63, 3.8) is 0 Å². The molecular weight excluding hydrogens is 392 g/mol. The van der Waals surface area contributed by atoms with Crippen molar-refractivity contribution in [3.8, 4) is 11.5 Å². The highest BCUT2D eigenvalue weighted by Crippen LogP contribution is 2.33. The Kier molecular flexibility index (Phi) is 6.05. The van der Waals surface area contributed by atoms with Gasteiger partial charge in [-0.15, -0.1) is 11.3 Å². The number of thiophene rings is 1. The number of hydrogen-bond acceptors (Lipinski definition) is 6.